The summed E-state index contributed by atoms with van der Waals surface area (Å²) in [5.74, 6) is 0.112. The van der Waals surface area contributed by atoms with Crippen LogP contribution in [0.25, 0.3) is 0 Å². The Balaban J connectivity index is 3.85. The van der Waals surface area contributed by atoms with Gasteiger partial charge < -0.3 is 25.3 Å². The Morgan fingerprint density at radius 3 is 2.50 bits per heavy atom. The highest BCUT2D eigenvalue weighted by molar-refractivity contribution is 5.79. The van der Waals surface area contributed by atoms with Gasteiger partial charge in [-0.15, -0.1) is 0 Å². The van der Waals surface area contributed by atoms with E-state index in [1.165, 1.54) is 0 Å². The molecule has 0 aromatic heterocycles. The van der Waals surface area contributed by atoms with E-state index in [-0.39, 0.29) is 12.4 Å². The number of amidine groups is 1. The molecule has 120 valence electrons. The maximum absolute atomic E-state index is 11.9. The summed E-state index contributed by atoms with van der Waals surface area (Å²) in [5, 5.41) is 11.3. The monoisotopic (exact) mass is 301 g/mol. The van der Waals surface area contributed by atoms with Gasteiger partial charge in [-0.3, -0.25) is 0 Å². The number of methoxy groups -OCH3 is 1. The molecular formula is C11H22F3N3O3. The van der Waals surface area contributed by atoms with Gasteiger partial charge in [-0.05, 0) is 6.42 Å². The molecule has 9 heteroatoms. The number of hydrogen-bond acceptors (Lipinski definition) is 5. The van der Waals surface area contributed by atoms with Crippen LogP contribution in [0.15, 0.2) is 5.16 Å². The van der Waals surface area contributed by atoms with E-state index in [0.29, 0.717) is 39.1 Å². The summed E-state index contributed by atoms with van der Waals surface area (Å²) in [6.45, 7) is 1.02. The van der Waals surface area contributed by atoms with E-state index in [9.17, 15) is 13.2 Å². The molecule has 0 heterocycles. The van der Waals surface area contributed by atoms with E-state index in [0.717, 1.165) is 0 Å². The first-order valence-electron chi connectivity index (χ1n) is 6.21. The molecule has 0 aromatic carbocycles. The molecular weight excluding hydrogens is 279 g/mol. The van der Waals surface area contributed by atoms with Gasteiger partial charge in [0.15, 0.2) is 0 Å². The number of nitrogens with zero attached hydrogens (tertiary/aromatic N) is 2. The van der Waals surface area contributed by atoms with Crippen molar-refractivity contribution in [1.82, 2.24) is 4.90 Å². The molecule has 0 fully saturated rings. The van der Waals surface area contributed by atoms with Crippen LogP contribution in [0.2, 0.25) is 0 Å². The summed E-state index contributed by atoms with van der Waals surface area (Å²) >= 11 is 0. The molecule has 0 unspecified atom stereocenters. The van der Waals surface area contributed by atoms with Crippen LogP contribution in [0.1, 0.15) is 12.8 Å². The number of halogens is 3. The molecule has 6 nitrogen and oxygen atoms in total. The molecule has 0 radical (unpaired) electrons. The molecule has 0 rings (SSSR count). The Bertz CT molecular complexity index is 275. The Labute approximate surface area is 116 Å². The maximum atomic E-state index is 11.9. The first-order valence-corrected chi connectivity index (χ1v) is 6.21. The minimum Gasteiger partial charge on any atom is -0.409 e. The quantitative estimate of drug-likeness (QED) is 0.196. The Morgan fingerprint density at radius 1 is 1.25 bits per heavy atom. The number of hydrogen-bond donors (Lipinski definition) is 2. The van der Waals surface area contributed by atoms with Crippen molar-refractivity contribution >= 4 is 5.84 Å². The summed E-state index contributed by atoms with van der Waals surface area (Å²) in [7, 11) is 1.56. The largest absolute Gasteiger partial charge is 0.411 e. The van der Waals surface area contributed by atoms with Crippen molar-refractivity contribution in [2.45, 2.75) is 19.0 Å². The molecule has 0 aliphatic rings. The second-order valence-corrected chi connectivity index (χ2v) is 4.20. The normalized spacial score (nSPS) is 13.2. The highest BCUT2D eigenvalue weighted by Crippen LogP contribution is 2.14. The average molecular weight is 301 g/mol. The Kier molecular flexibility index (Phi) is 10.1. The van der Waals surface area contributed by atoms with Crippen molar-refractivity contribution < 1.29 is 27.9 Å². The predicted octanol–water partition coefficient (Wildman–Crippen LogP) is 1.04. The summed E-state index contributed by atoms with van der Waals surface area (Å²) in [5.41, 5.74) is 5.37. The van der Waals surface area contributed by atoms with Gasteiger partial charge in [-0.1, -0.05) is 5.16 Å². The second kappa shape index (κ2) is 10.7. The SMILES string of the molecule is COCCN(CCCOCC(F)(F)F)CCC(N)=NO. The van der Waals surface area contributed by atoms with E-state index in [1.807, 2.05) is 4.90 Å². The first-order chi connectivity index (χ1) is 9.39. The van der Waals surface area contributed by atoms with Crippen LogP contribution in [0.5, 0.6) is 0 Å². The zero-order valence-electron chi connectivity index (χ0n) is 11.5. The molecule has 0 aliphatic heterocycles. The van der Waals surface area contributed by atoms with E-state index in [2.05, 4.69) is 9.89 Å². The predicted molar refractivity (Wildman–Crippen MR) is 67.8 cm³/mol. The molecule has 20 heavy (non-hydrogen) atoms. The van der Waals surface area contributed by atoms with E-state index in [1.54, 1.807) is 7.11 Å². The number of nitrogens with two attached hydrogens (primary N) is 1. The van der Waals surface area contributed by atoms with Gasteiger partial charge in [0.05, 0.1) is 6.61 Å². The smallest absolute Gasteiger partial charge is 0.409 e. The van der Waals surface area contributed by atoms with Crippen molar-refractivity contribution in [3.05, 3.63) is 0 Å². The number of ether oxygens (including phenoxy) is 2. The third-order valence-electron chi connectivity index (χ3n) is 2.45. The zero-order valence-corrected chi connectivity index (χ0v) is 11.5. The van der Waals surface area contributed by atoms with E-state index in [4.69, 9.17) is 15.7 Å². The van der Waals surface area contributed by atoms with Crippen LogP contribution in [-0.4, -0.2) is 68.7 Å². The van der Waals surface area contributed by atoms with Crippen LogP contribution in [0.3, 0.4) is 0 Å². The lowest BCUT2D eigenvalue weighted by molar-refractivity contribution is -0.174. The summed E-state index contributed by atoms with van der Waals surface area (Å²) < 4.78 is 45.0. The fraction of sp³-hybridized carbons (Fsp3) is 0.909. The van der Waals surface area contributed by atoms with Gasteiger partial charge in [0.1, 0.15) is 12.4 Å². The summed E-state index contributed by atoms with van der Waals surface area (Å²) in [6, 6.07) is 0. The molecule has 0 aromatic rings. The minimum atomic E-state index is -4.29. The molecule has 0 saturated heterocycles. The summed E-state index contributed by atoms with van der Waals surface area (Å²) in [4.78, 5) is 1.96. The lowest BCUT2D eigenvalue weighted by Gasteiger charge is -2.21. The van der Waals surface area contributed by atoms with E-state index < -0.39 is 12.8 Å². The van der Waals surface area contributed by atoms with Crippen LogP contribution < -0.4 is 5.73 Å². The van der Waals surface area contributed by atoms with E-state index >= 15 is 0 Å². The number of alkyl halides is 3. The second-order valence-electron chi connectivity index (χ2n) is 4.20. The van der Waals surface area contributed by atoms with Crippen LogP contribution in [0.4, 0.5) is 13.2 Å². The Morgan fingerprint density at radius 2 is 1.95 bits per heavy atom. The lowest BCUT2D eigenvalue weighted by Crippen LogP contribution is -2.32. The third kappa shape index (κ3) is 12.0. The van der Waals surface area contributed by atoms with Crippen molar-refractivity contribution in [3.63, 3.8) is 0 Å². The van der Waals surface area contributed by atoms with Crippen molar-refractivity contribution in [2.24, 2.45) is 10.9 Å². The topological polar surface area (TPSA) is 80.3 Å². The van der Waals surface area contributed by atoms with Crippen LogP contribution in [0, 0.1) is 0 Å². The van der Waals surface area contributed by atoms with Crippen molar-refractivity contribution in [1.29, 1.82) is 0 Å². The molecule has 0 saturated carbocycles. The molecule has 0 amide bonds. The molecule has 3 N–H and O–H groups in total. The maximum Gasteiger partial charge on any atom is 0.411 e. The van der Waals surface area contributed by atoms with Crippen LogP contribution in [-0.2, 0) is 9.47 Å². The third-order valence-corrected chi connectivity index (χ3v) is 2.45. The van der Waals surface area contributed by atoms with Crippen molar-refractivity contribution in [2.75, 3.05) is 46.6 Å². The molecule has 0 aliphatic carbocycles. The van der Waals surface area contributed by atoms with Gasteiger partial charge >= 0.3 is 6.18 Å². The molecule has 0 bridgehead atoms. The lowest BCUT2D eigenvalue weighted by atomic mass is 10.3. The fourth-order valence-electron chi connectivity index (χ4n) is 1.46. The number of rotatable bonds is 11. The van der Waals surface area contributed by atoms with Gasteiger partial charge in [0.25, 0.3) is 0 Å². The highest BCUT2D eigenvalue weighted by Gasteiger charge is 2.27. The Hall–Kier alpha value is -1.06. The van der Waals surface area contributed by atoms with Crippen molar-refractivity contribution in [3.8, 4) is 0 Å². The minimum absolute atomic E-state index is 0.0343. The fourth-order valence-corrected chi connectivity index (χ4v) is 1.46. The molecule has 0 spiro atoms. The summed E-state index contributed by atoms with van der Waals surface area (Å²) in [6.07, 6.45) is -3.44. The van der Waals surface area contributed by atoms with Gasteiger partial charge in [-0.25, -0.2) is 0 Å². The van der Waals surface area contributed by atoms with Gasteiger partial charge in [-0.2, -0.15) is 13.2 Å². The zero-order chi connectivity index (χ0) is 15.4. The highest BCUT2D eigenvalue weighted by atomic mass is 19.4. The number of oxime groups is 1. The first kappa shape index (κ1) is 18.9. The standard InChI is InChI=1S/C11H22F3N3O3/c1-19-8-6-17(5-3-10(15)16-18)4-2-7-20-9-11(12,13)14/h18H,2-9H2,1H3,(H2,15,16). The molecule has 0 atom stereocenters. The van der Waals surface area contributed by atoms with Crippen LogP contribution >= 0.6 is 0 Å². The van der Waals surface area contributed by atoms with Gasteiger partial charge in [0.2, 0.25) is 0 Å². The average Bonchev–Trinajstić information content (AvgIpc) is 2.38. The van der Waals surface area contributed by atoms with Gasteiger partial charge in [0, 0.05) is 39.8 Å².